The molecule has 2 aromatic heterocycles. The molecule has 0 amide bonds. The van der Waals surface area contributed by atoms with E-state index >= 15 is 0 Å². The molecule has 0 saturated carbocycles. The Morgan fingerprint density at radius 3 is 3.00 bits per heavy atom. The fourth-order valence-corrected chi connectivity index (χ4v) is 2.52. The number of Topliss-reactive ketones (excluding diaryl/α,β-unsaturated/α-hetero) is 1. The fourth-order valence-electron chi connectivity index (χ4n) is 1.77. The van der Waals surface area contributed by atoms with Crippen molar-refractivity contribution in [2.75, 3.05) is 0 Å². The number of hydrogen-bond donors (Lipinski definition) is 0. The third-order valence-corrected chi connectivity index (χ3v) is 3.68. The predicted molar refractivity (Wildman–Crippen MR) is 70.6 cm³/mol. The van der Waals surface area contributed by atoms with Gasteiger partial charge in [-0.2, -0.15) is 0 Å². The topological polar surface area (TPSA) is 30.0 Å². The molecule has 0 saturated heterocycles. The van der Waals surface area contributed by atoms with Gasteiger partial charge < -0.3 is 0 Å². The van der Waals surface area contributed by atoms with E-state index in [0.717, 1.165) is 24.0 Å². The molecule has 0 bridgehead atoms. The van der Waals surface area contributed by atoms with Crippen molar-refractivity contribution in [3.63, 3.8) is 0 Å². The summed E-state index contributed by atoms with van der Waals surface area (Å²) in [6.45, 7) is 1.95. The Kier molecular flexibility index (Phi) is 4.04. The minimum atomic E-state index is 0.201. The molecular formula is C14H15NOS. The molecular weight excluding hydrogens is 230 g/mol. The van der Waals surface area contributed by atoms with Gasteiger partial charge in [0.25, 0.3) is 0 Å². The number of aromatic nitrogens is 1. The summed E-state index contributed by atoms with van der Waals surface area (Å²) >= 11 is 1.75. The number of pyridine rings is 1. The summed E-state index contributed by atoms with van der Waals surface area (Å²) in [5.41, 5.74) is 1.78. The molecule has 0 aromatic carbocycles. The Bertz CT molecular complexity index is 491. The molecule has 2 rings (SSSR count). The van der Waals surface area contributed by atoms with Gasteiger partial charge >= 0.3 is 0 Å². The van der Waals surface area contributed by atoms with Crippen LogP contribution < -0.4 is 0 Å². The summed E-state index contributed by atoms with van der Waals surface area (Å²) in [5, 5.41) is 2.07. The van der Waals surface area contributed by atoms with Crippen molar-refractivity contribution >= 4 is 17.1 Å². The van der Waals surface area contributed by atoms with E-state index in [0.29, 0.717) is 6.42 Å². The smallest absolute Gasteiger partial charge is 0.164 e. The predicted octanol–water partition coefficient (Wildman–Crippen LogP) is 3.66. The molecule has 2 nitrogen and oxygen atoms in total. The fraction of sp³-hybridized carbons (Fsp3) is 0.286. The maximum Gasteiger partial charge on any atom is 0.164 e. The van der Waals surface area contributed by atoms with Crippen LogP contribution in [0.25, 0.3) is 0 Å². The van der Waals surface area contributed by atoms with E-state index in [1.807, 2.05) is 19.1 Å². The molecule has 2 aromatic rings. The average Bonchev–Trinajstić information content (AvgIpc) is 2.82. The van der Waals surface area contributed by atoms with Crippen molar-refractivity contribution in [3.05, 3.63) is 52.0 Å². The molecule has 88 valence electrons. The highest BCUT2D eigenvalue weighted by Gasteiger charge is 2.08. The first-order valence-corrected chi connectivity index (χ1v) is 6.61. The van der Waals surface area contributed by atoms with Gasteiger partial charge in [0.2, 0.25) is 0 Å². The number of ketones is 1. The average molecular weight is 245 g/mol. The maximum atomic E-state index is 12.0. The van der Waals surface area contributed by atoms with Gasteiger partial charge in [-0.05, 0) is 42.8 Å². The highest BCUT2D eigenvalue weighted by molar-refractivity contribution is 7.09. The Balaban J connectivity index is 1.88. The van der Waals surface area contributed by atoms with Gasteiger partial charge in [-0.1, -0.05) is 6.07 Å². The summed E-state index contributed by atoms with van der Waals surface area (Å²) in [4.78, 5) is 17.3. The van der Waals surface area contributed by atoms with Crippen LogP contribution >= 0.6 is 11.3 Å². The highest BCUT2D eigenvalue weighted by atomic mass is 32.1. The lowest BCUT2D eigenvalue weighted by molar-refractivity contribution is 0.0979. The van der Waals surface area contributed by atoms with Crippen LogP contribution in [0.4, 0.5) is 0 Å². The first-order valence-electron chi connectivity index (χ1n) is 5.73. The van der Waals surface area contributed by atoms with Gasteiger partial charge in [0.15, 0.2) is 5.78 Å². The minimum absolute atomic E-state index is 0.201. The largest absolute Gasteiger partial charge is 0.294 e. The monoisotopic (exact) mass is 245 g/mol. The lowest BCUT2D eigenvalue weighted by Gasteiger charge is -2.03. The van der Waals surface area contributed by atoms with Crippen LogP contribution in [0.3, 0.4) is 0 Å². The number of nitrogens with zero attached hydrogens (tertiary/aromatic N) is 1. The molecule has 0 unspecified atom stereocenters. The first-order chi connectivity index (χ1) is 8.27. The van der Waals surface area contributed by atoms with Crippen LogP contribution in [-0.4, -0.2) is 10.8 Å². The normalized spacial score (nSPS) is 10.4. The minimum Gasteiger partial charge on any atom is -0.294 e. The maximum absolute atomic E-state index is 12.0. The molecule has 0 aliphatic rings. The molecule has 0 N–H and O–H groups in total. The SMILES string of the molecule is Cc1ccncc1C(=O)CCCc1cccs1. The van der Waals surface area contributed by atoms with E-state index in [2.05, 4.69) is 16.4 Å². The van der Waals surface area contributed by atoms with Gasteiger partial charge in [-0.25, -0.2) is 0 Å². The van der Waals surface area contributed by atoms with E-state index in [1.54, 1.807) is 23.7 Å². The van der Waals surface area contributed by atoms with Crippen LogP contribution in [0.5, 0.6) is 0 Å². The third-order valence-electron chi connectivity index (χ3n) is 2.75. The lowest BCUT2D eigenvalue weighted by Crippen LogP contribution is -2.02. The van der Waals surface area contributed by atoms with Gasteiger partial charge in [-0.15, -0.1) is 11.3 Å². The Hall–Kier alpha value is -1.48. The molecule has 0 spiro atoms. The van der Waals surface area contributed by atoms with Crippen molar-refractivity contribution in [3.8, 4) is 0 Å². The zero-order valence-corrected chi connectivity index (χ0v) is 10.7. The van der Waals surface area contributed by atoms with Crippen LogP contribution in [-0.2, 0) is 6.42 Å². The van der Waals surface area contributed by atoms with Crippen LogP contribution in [0, 0.1) is 6.92 Å². The Morgan fingerprint density at radius 2 is 2.29 bits per heavy atom. The van der Waals surface area contributed by atoms with Crippen LogP contribution in [0.15, 0.2) is 36.0 Å². The van der Waals surface area contributed by atoms with Crippen LogP contribution in [0.1, 0.15) is 33.6 Å². The standard InChI is InChI=1S/C14H15NOS/c1-11-7-8-15-10-13(11)14(16)6-2-4-12-5-3-9-17-12/h3,5,7-10H,2,4,6H2,1H3. The van der Waals surface area contributed by atoms with Gasteiger partial charge in [-0.3, -0.25) is 9.78 Å². The molecule has 0 atom stereocenters. The molecule has 0 aliphatic heterocycles. The first kappa shape index (κ1) is 12.0. The molecule has 0 fully saturated rings. The van der Waals surface area contributed by atoms with E-state index in [1.165, 1.54) is 4.88 Å². The third kappa shape index (κ3) is 3.24. The zero-order chi connectivity index (χ0) is 12.1. The lowest BCUT2D eigenvalue weighted by atomic mass is 10.0. The summed E-state index contributed by atoms with van der Waals surface area (Å²) in [5.74, 6) is 0.201. The zero-order valence-electron chi connectivity index (χ0n) is 9.85. The second-order valence-electron chi connectivity index (χ2n) is 4.05. The highest BCUT2D eigenvalue weighted by Crippen LogP contribution is 2.14. The number of hydrogen-bond acceptors (Lipinski definition) is 3. The number of carbonyl (C=O) groups excluding carboxylic acids is 1. The molecule has 3 heteroatoms. The number of rotatable bonds is 5. The second kappa shape index (κ2) is 5.73. The van der Waals surface area contributed by atoms with E-state index < -0.39 is 0 Å². The molecule has 0 radical (unpaired) electrons. The number of thiophene rings is 1. The summed E-state index contributed by atoms with van der Waals surface area (Å²) < 4.78 is 0. The van der Waals surface area contributed by atoms with Crippen molar-refractivity contribution in [2.24, 2.45) is 0 Å². The Labute approximate surface area is 105 Å². The Morgan fingerprint density at radius 1 is 1.41 bits per heavy atom. The molecule has 2 heterocycles. The molecule has 0 aliphatic carbocycles. The second-order valence-corrected chi connectivity index (χ2v) is 5.08. The van der Waals surface area contributed by atoms with Gasteiger partial charge in [0.05, 0.1) is 0 Å². The van der Waals surface area contributed by atoms with Gasteiger partial charge in [0, 0.05) is 29.3 Å². The van der Waals surface area contributed by atoms with Crippen molar-refractivity contribution in [1.82, 2.24) is 4.98 Å². The van der Waals surface area contributed by atoms with Crippen molar-refractivity contribution in [2.45, 2.75) is 26.2 Å². The summed E-state index contributed by atoms with van der Waals surface area (Å²) in [7, 11) is 0. The summed E-state index contributed by atoms with van der Waals surface area (Å²) in [6.07, 6.45) is 5.89. The van der Waals surface area contributed by atoms with Gasteiger partial charge in [0.1, 0.15) is 0 Å². The number of carbonyl (C=O) groups is 1. The number of aryl methyl sites for hydroxylation is 2. The van der Waals surface area contributed by atoms with E-state index in [9.17, 15) is 4.79 Å². The van der Waals surface area contributed by atoms with Crippen LogP contribution in [0.2, 0.25) is 0 Å². The van der Waals surface area contributed by atoms with Crippen molar-refractivity contribution < 1.29 is 4.79 Å². The van der Waals surface area contributed by atoms with Crippen molar-refractivity contribution in [1.29, 1.82) is 0 Å². The molecule has 17 heavy (non-hydrogen) atoms. The quantitative estimate of drug-likeness (QED) is 0.752. The summed E-state index contributed by atoms with van der Waals surface area (Å²) in [6, 6.07) is 6.05. The van der Waals surface area contributed by atoms with E-state index in [4.69, 9.17) is 0 Å². The van der Waals surface area contributed by atoms with E-state index in [-0.39, 0.29) is 5.78 Å².